The third kappa shape index (κ3) is 13.1. The van der Waals surface area contributed by atoms with Gasteiger partial charge in [-0.2, -0.15) is 0 Å². The van der Waals surface area contributed by atoms with E-state index in [1.54, 1.807) is 24.6 Å². The minimum atomic E-state index is -4.04. The molecule has 20 heavy (non-hydrogen) atoms. The van der Waals surface area contributed by atoms with Crippen molar-refractivity contribution in [1.29, 1.82) is 0 Å². The van der Waals surface area contributed by atoms with E-state index in [0.717, 1.165) is 6.08 Å². The highest BCUT2D eigenvalue weighted by Crippen LogP contribution is 2.60. The predicted molar refractivity (Wildman–Crippen MR) is 92.3 cm³/mol. The Hall–Kier alpha value is 0.0800. The van der Waals surface area contributed by atoms with Crippen LogP contribution >= 0.6 is 7.26 Å². The fourth-order valence-corrected chi connectivity index (χ4v) is 8.14. The van der Waals surface area contributed by atoms with Gasteiger partial charge in [0, 0.05) is 7.26 Å². The van der Waals surface area contributed by atoms with Crippen LogP contribution in [0.4, 0.5) is 0 Å². The zero-order valence-corrected chi connectivity index (χ0v) is 15.4. The number of hydrogen-bond acceptors (Lipinski definition) is 3. The molecule has 0 fully saturated rings. The molecule has 5 heteroatoms. The number of rotatable bonds is 10. The minimum absolute atomic E-state index is 0.479. The van der Waals surface area contributed by atoms with Crippen molar-refractivity contribution in [2.75, 3.05) is 30.4 Å². The summed E-state index contributed by atoms with van der Waals surface area (Å²) in [6.45, 7) is 12.5. The second kappa shape index (κ2) is 12.8. The van der Waals surface area contributed by atoms with E-state index >= 15 is 0 Å². The largest absolute Gasteiger partial charge is 0.748 e. The quantitative estimate of drug-likeness (QED) is 0.341. The molecule has 0 aromatic heterocycles. The summed E-state index contributed by atoms with van der Waals surface area (Å²) in [5, 5.41) is 0. The lowest BCUT2D eigenvalue weighted by atomic mass is 10.5. The zero-order chi connectivity index (χ0) is 16.1. The summed E-state index contributed by atoms with van der Waals surface area (Å²) in [6, 6.07) is 0. The van der Waals surface area contributed by atoms with Crippen molar-refractivity contribution in [1.82, 2.24) is 0 Å². The van der Waals surface area contributed by atoms with Gasteiger partial charge in [0.05, 0.1) is 40.5 Å². The molecule has 0 radical (unpaired) electrons. The maximum atomic E-state index is 9.60. The molecule has 0 rings (SSSR count). The Morgan fingerprint density at radius 1 is 0.900 bits per heavy atom. The van der Waals surface area contributed by atoms with Crippen molar-refractivity contribution < 1.29 is 13.0 Å². The van der Waals surface area contributed by atoms with Gasteiger partial charge in [0.2, 0.25) is 0 Å². The van der Waals surface area contributed by atoms with Crippen LogP contribution in [-0.4, -0.2) is 43.4 Å². The fourth-order valence-electron chi connectivity index (χ4n) is 2.71. The van der Waals surface area contributed by atoms with Gasteiger partial charge in [0.15, 0.2) is 0 Å². The highest BCUT2D eigenvalue weighted by molar-refractivity contribution is 7.85. The zero-order valence-electron chi connectivity index (χ0n) is 13.7. The SMILES string of the molecule is C=CCS(=O)(=O)[O-].CCC[P+](CCC)(CCC)CCC. The molecule has 0 aromatic rings. The van der Waals surface area contributed by atoms with Crippen LogP contribution in [0.1, 0.15) is 53.4 Å². The maximum Gasteiger partial charge on any atom is 0.0982 e. The highest BCUT2D eigenvalue weighted by atomic mass is 32.2. The van der Waals surface area contributed by atoms with Crippen molar-refractivity contribution >= 4 is 17.4 Å². The van der Waals surface area contributed by atoms with Gasteiger partial charge in [-0.05, 0) is 25.7 Å². The summed E-state index contributed by atoms with van der Waals surface area (Å²) < 4.78 is 28.8. The van der Waals surface area contributed by atoms with Crippen LogP contribution in [0.2, 0.25) is 0 Å². The summed E-state index contributed by atoms with van der Waals surface area (Å²) >= 11 is 0. The molecular formula is C15H33O3PS. The summed E-state index contributed by atoms with van der Waals surface area (Å²) in [5.41, 5.74) is 0. The third-order valence-electron chi connectivity index (χ3n) is 3.11. The topological polar surface area (TPSA) is 57.2 Å². The van der Waals surface area contributed by atoms with Crippen molar-refractivity contribution in [3.05, 3.63) is 12.7 Å². The van der Waals surface area contributed by atoms with E-state index in [2.05, 4.69) is 34.3 Å². The monoisotopic (exact) mass is 324 g/mol. The van der Waals surface area contributed by atoms with E-state index in [1.807, 2.05) is 0 Å². The molecule has 0 unspecified atom stereocenters. The molecule has 0 aliphatic heterocycles. The molecule has 0 bridgehead atoms. The van der Waals surface area contributed by atoms with Crippen LogP contribution in [0, 0.1) is 0 Å². The first-order valence-electron chi connectivity index (χ1n) is 7.70. The van der Waals surface area contributed by atoms with Crippen molar-refractivity contribution in [3.63, 3.8) is 0 Å². The second-order valence-electron chi connectivity index (χ2n) is 5.25. The Morgan fingerprint density at radius 3 is 1.30 bits per heavy atom. The van der Waals surface area contributed by atoms with Crippen molar-refractivity contribution in [2.24, 2.45) is 0 Å². The molecule has 0 N–H and O–H groups in total. The lowest BCUT2D eigenvalue weighted by molar-refractivity contribution is 0.466. The Labute approximate surface area is 127 Å². The Kier molecular flexibility index (Phi) is 14.3. The molecular weight excluding hydrogens is 291 g/mol. The summed E-state index contributed by atoms with van der Waals surface area (Å²) in [6.07, 6.45) is 12.9. The molecule has 0 heterocycles. The first-order valence-corrected chi connectivity index (χ1v) is 11.8. The van der Waals surface area contributed by atoms with Gasteiger partial charge in [-0.1, -0.05) is 33.8 Å². The van der Waals surface area contributed by atoms with Crippen LogP contribution in [0.25, 0.3) is 0 Å². The standard InChI is InChI=1S/C12H28P.C3H6O3S/c1-5-9-13(10-6-2,11-7-3)12-8-4;1-2-3-7(4,5)6/h5-12H2,1-4H3;2H,1,3H2,(H,4,5,6)/q+1;/p-1. The summed E-state index contributed by atoms with van der Waals surface area (Å²) in [7, 11) is -4.54. The van der Waals surface area contributed by atoms with Crippen molar-refractivity contribution in [3.8, 4) is 0 Å². The maximum absolute atomic E-state index is 9.60. The minimum Gasteiger partial charge on any atom is -0.748 e. The van der Waals surface area contributed by atoms with Crippen molar-refractivity contribution in [2.45, 2.75) is 53.4 Å². The summed E-state index contributed by atoms with van der Waals surface area (Å²) in [5.74, 6) is -0.479. The van der Waals surface area contributed by atoms with Gasteiger partial charge in [0.25, 0.3) is 0 Å². The Morgan fingerprint density at radius 2 is 1.20 bits per heavy atom. The molecule has 0 saturated carbocycles. The molecule has 0 amide bonds. The molecule has 3 nitrogen and oxygen atoms in total. The van der Waals surface area contributed by atoms with Crippen LogP contribution < -0.4 is 0 Å². The van der Waals surface area contributed by atoms with E-state index < -0.39 is 23.1 Å². The van der Waals surface area contributed by atoms with E-state index in [9.17, 15) is 13.0 Å². The van der Waals surface area contributed by atoms with Gasteiger partial charge in [0.1, 0.15) is 0 Å². The Bertz CT molecular complexity index is 297. The number of hydrogen-bond donors (Lipinski definition) is 0. The van der Waals surface area contributed by atoms with Crippen LogP contribution in [0.3, 0.4) is 0 Å². The lowest BCUT2D eigenvalue weighted by Crippen LogP contribution is -2.10. The normalized spacial score (nSPS) is 11.7. The van der Waals surface area contributed by atoms with Gasteiger partial charge < -0.3 is 4.55 Å². The van der Waals surface area contributed by atoms with Crippen LogP contribution in [0.5, 0.6) is 0 Å². The van der Waals surface area contributed by atoms with Gasteiger partial charge >= 0.3 is 0 Å². The van der Waals surface area contributed by atoms with Gasteiger partial charge in [-0.3, -0.25) is 0 Å². The molecule has 0 aliphatic rings. The van der Waals surface area contributed by atoms with E-state index in [1.165, 1.54) is 25.7 Å². The fraction of sp³-hybridized carbons (Fsp3) is 0.867. The first kappa shape index (κ1) is 22.4. The molecule has 0 saturated heterocycles. The van der Waals surface area contributed by atoms with E-state index in [-0.39, 0.29) is 0 Å². The van der Waals surface area contributed by atoms with Crippen LogP contribution in [0.15, 0.2) is 12.7 Å². The van der Waals surface area contributed by atoms with Crippen LogP contribution in [-0.2, 0) is 10.1 Å². The molecule has 122 valence electrons. The third-order valence-corrected chi connectivity index (χ3v) is 9.34. The lowest BCUT2D eigenvalue weighted by Gasteiger charge is -2.26. The average molecular weight is 324 g/mol. The predicted octanol–water partition coefficient (Wildman–Crippen LogP) is 4.36. The summed E-state index contributed by atoms with van der Waals surface area (Å²) in [4.78, 5) is 0. The highest BCUT2D eigenvalue weighted by Gasteiger charge is 2.32. The first-order chi connectivity index (χ1) is 9.30. The second-order valence-corrected chi connectivity index (χ2v) is 11.2. The average Bonchev–Trinajstić information content (AvgIpc) is 2.29. The molecule has 0 atom stereocenters. The Balaban J connectivity index is 0. The van der Waals surface area contributed by atoms with E-state index in [4.69, 9.17) is 0 Å². The van der Waals surface area contributed by atoms with Gasteiger partial charge in [-0.15, -0.1) is 6.58 Å². The molecule has 0 aliphatic carbocycles. The smallest absolute Gasteiger partial charge is 0.0982 e. The molecule has 0 spiro atoms. The molecule has 0 aromatic carbocycles. The van der Waals surface area contributed by atoms with E-state index in [0.29, 0.717) is 0 Å². The van der Waals surface area contributed by atoms with Gasteiger partial charge in [-0.25, -0.2) is 8.42 Å².